The molecule has 0 aliphatic rings. The second-order valence-electron chi connectivity index (χ2n) is 4.84. The van der Waals surface area contributed by atoms with Crippen LogP contribution in [0.25, 0.3) is 11.3 Å². The first kappa shape index (κ1) is 15.5. The Morgan fingerprint density at radius 3 is 2.76 bits per heavy atom. The Labute approximate surface area is 129 Å². The maximum absolute atomic E-state index is 12.0. The molecule has 0 radical (unpaired) electrons. The van der Waals surface area contributed by atoms with Crippen LogP contribution in [0.15, 0.2) is 30.3 Å². The average Bonchev–Trinajstić information content (AvgIpc) is 2.96. The third-order valence-corrected chi connectivity index (χ3v) is 3.34. The number of hydrogen-bond donors (Lipinski definition) is 3. The second-order valence-corrected chi connectivity index (χ2v) is 5.28. The number of aromatic amines is 1. The predicted octanol–water partition coefficient (Wildman–Crippen LogP) is 2.46. The van der Waals surface area contributed by atoms with Crippen molar-refractivity contribution in [2.75, 3.05) is 13.1 Å². The van der Waals surface area contributed by atoms with Crippen molar-refractivity contribution in [2.24, 2.45) is 0 Å². The van der Waals surface area contributed by atoms with Gasteiger partial charge < -0.3 is 10.6 Å². The van der Waals surface area contributed by atoms with Crippen LogP contribution in [0.4, 0.5) is 0 Å². The molecule has 1 atom stereocenters. The number of halogens is 1. The first-order chi connectivity index (χ1) is 10.1. The number of aromatic nitrogens is 2. The maximum atomic E-state index is 12.0. The zero-order chi connectivity index (χ0) is 15.2. The highest BCUT2D eigenvalue weighted by Gasteiger charge is 2.11. The monoisotopic (exact) mass is 306 g/mol. The van der Waals surface area contributed by atoms with Crippen LogP contribution in [0.5, 0.6) is 0 Å². The number of rotatable bonds is 6. The molecule has 112 valence electrons. The Bertz CT molecular complexity index is 594. The van der Waals surface area contributed by atoms with Gasteiger partial charge in [0.05, 0.1) is 5.69 Å². The Balaban J connectivity index is 1.99. The summed E-state index contributed by atoms with van der Waals surface area (Å²) in [5.74, 6) is -0.160. The number of nitrogens with one attached hydrogen (secondary N) is 3. The van der Waals surface area contributed by atoms with Gasteiger partial charge in [-0.15, -0.1) is 0 Å². The van der Waals surface area contributed by atoms with Gasteiger partial charge in [-0.2, -0.15) is 5.10 Å². The zero-order valence-corrected chi connectivity index (χ0v) is 12.9. The van der Waals surface area contributed by atoms with Crippen LogP contribution in [-0.2, 0) is 0 Å². The summed E-state index contributed by atoms with van der Waals surface area (Å²) in [5, 5.41) is 13.7. The van der Waals surface area contributed by atoms with Crippen LogP contribution in [0.3, 0.4) is 0 Å². The van der Waals surface area contributed by atoms with Gasteiger partial charge in [-0.1, -0.05) is 30.7 Å². The molecule has 21 heavy (non-hydrogen) atoms. The number of likely N-dealkylation sites (N-methyl/N-ethyl adjacent to an activating group) is 1. The molecule has 1 aromatic heterocycles. The SMILES string of the molecule is CCN[C@H](C)CNC(=O)c1cc(-c2ccc(Cl)cc2)n[nH]1. The van der Waals surface area contributed by atoms with Crippen molar-refractivity contribution in [3.63, 3.8) is 0 Å². The van der Waals surface area contributed by atoms with Crippen molar-refractivity contribution in [2.45, 2.75) is 19.9 Å². The Kier molecular flexibility index (Phi) is 5.36. The number of H-pyrrole nitrogens is 1. The van der Waals surface area contributed by atoms with Crippen molar-refractivity contribution < 1.29 is 4.79 Å². The highest BCUT2D eigenvalue weighted by molar-refractivity contribution is 6.30. The Morgan fingerprint density at radius 1 is 1.38 bits per heavy atom. The maximum Gasteiger partial charge on any atom is 0.269 e. The third-order valence-electron chi connectivity index (χ3n) is 3.08. The molecule has 5 nitrogen and oxygen atoms in total. The second kappa shape index (κ2) is 7.24. The molecule has 2 aromatic rings. The van der Waals surface area contributed by atoms with Gasteiger partial charge in [-0.3, -0.25) is 9.89 Å². The van der Waals surface area contributed by atoms with E-state index in [0.717, 1.165) is 17.8 Å². The molecule has 0 aliphatic carbocycles. The van der Waals surface area contributed by atoms with Crippen molar-refractivity contribution in [3.05, 3.63) is 41.0 Å². The lowest BCUT2D eigenvalue weighted by Crippen LogP contribution is -2.38. The predicted molar refractivity (Wildman–Crippen MR) is 84.5 cm³/mol. The van der Waals surface area contributed by atoms with Gasteiger partial charge in [-0.05, 0) is 31.7 Å². The average molecular weight is 307 g/mol. The van der Waals surface area contributed by atoms with E-state index in [1.54, 1.807) is 18.2 Å². The van der Waals surface area contributed by atoms with Crippen molar-refractivity contribution >= 4 is 17.5 Å². The fourth-order valence-corrected chi connectivity index (χ4v) is 2.09. The lowest BCUT2D eigenvalue weighted by molar-refractivity contribution is 0.0945. The van der Waals surface area contributed by atoms with E-state index in [1.165, 1.54) is 0 Å². The minimum Gasteiger partial charge on any atom is -0.349 e. The summed E-state index contributed by atoms with van der Waals surface area (Å²) in [6.07, 6.45) is 0. The standard InChI is InChI=1S/C15H19ClN4O/c1-3-17-10(2)9-18-15(21)14-8-13(19-20-14)11-4-6-12(16)7-5-11/h4-8,10,17H,3,9H2,1-2H3,(H,18,21)(H,19,20)/t10-/m1/s1. The number of hydrogen-bond acceptors (Lipinski definition) is 3. The number of carbonyl (C=O) groups is 1. The van der Waals surface area contributed by atoms with Gasteiger partial charge in [-0.25, -0.2) is 0 Å². The number of benzene rings is 1. The summed E-state index contributed by atoms with van der Waals surface area (Å²) >= 11 is 5.85. The summed E-state index contributed by atoms with van der Waals surface area (Å²) in [7, 11) is 0. The highest BCUT2D eigenvalue weighted by atomic mass is 35.5. The summed E-state index contributed by atoms with van der Waals surface area (Å²) in [5.41, 5.74) is 2.08. The van der Waals surface area contributed by atoms with Crippen LogP contribution in [-0.4, -0.2) is 35.2 Å². The largest absolute Gasteiger partial charge is 0.349 e. The van der Waals surface area contributed by atoms with E-state index in [9.17, 15) is 4.79 Å². The molecular formula is C15H19ClN4O. The first-order valence-electron chi connectivity index (χ1n) is 6.93. The minimum atomic E-state index is -0.160. The van der Waals surface area contributed by atoms with Gasteiger partial charge in [0.15, 0.2) is 0 Å². The third kappa shape index (κ3) is 4.31. The van der Waals surface area contributed by atoms with Crippen LogP contribution < -0.4 is 10.6 Å². The van der Waals surface area contributed by atoms with Gasteiger partial charge in [0.25, 0.3) is 5.91 Å². The number of nitrogens with zero attached hydrogens (tertiary/aromatic N) is 1. The minimum absolute atomic E-state index is 0.160. The molecule has 0 aliphatic heterocycles. The molecule has 3 N–H and O–H groups in total. The molecule has 0 spiro atoms. The van der Waals surface area contributed by atoms with Crippen LogP contribution in [0.2, 0.25) is 5.02 Å². The summed E-state index contributed by atoms with van der Waals surface area (Å²) < 4.78 is 0. The van der Waals surface area contributed by atoms with Crippen LogP contribution >= 0.6 is 11.6 Å². The summed E-state index contributed by atoms with van der Waals surface area (Å²) in [6.45, 7) is 5.51. The topological polar surface area (TPSA) is 69.8 Å². The molecule has 1 amide bonds. The van der Waals surface area contributed by atoms with Crippen LogP contribution in [0, 0.1) is 0 Å². The lowest BCUT2D eigenvalue weighted by Gasteiger charge is -2.12. The summed E-state index contributed by atoms with van der Waals surface area (Å²) in [4.78, 5) is 12.0. The highest BCUT2D eigenvalue weighted by Crippen LogP contribution is 2.20. The van der Waals surface area contributed by atoms with Crippen LogP contribution in [0.1, 0.15) is 24.3 Å². The molecule has 2 rings (SSSR count). The van der Waals surface area contributed by atoms with Crippen molar-refractivity contribution in [1.29, 1.82) is 0 Å². The fraction of sp³-hybridized carbons (Fsp3) is 0.333. The number of amides is 1. The molecule has 0 fully saturated rings. The van der Waals surface area contributed by atoms with Crippen molar-refractivity contribution in [1.82, 2.24) is 20.8 Å². The molecule has 0 saturated heterocycles. The molecule has 1 aromatic carbocycles. The smallest absolute Gasteiger partial charge is 0.269 e. The lowest BCUT2D eigenvalue weighted by atomic mass is 10.1. The molecular weight excluding hydrogens is 288 g/mol. The fourth-order valence-electron chi connectivity index (χ4n) is 1.97. The molecule has 0 saturated carbocycles. The van der Waals surface area contributed by atoms with Gasteiger partial charge in [0.2, 0.25) is 0 Å². The van der Waals surface area contributed by atoms with E-state index in [0.29, 0.717) is 17.3 Å². The van der Waals surface area contributed by atoms with E-state index in [4.69, 9.17) is 11.6 Å². The number of carbonyl (C=O) groups excluding carboxylic acids is 1. The van der Waals surface area contributed by atoms with Gasteiger partial charge >= 0.3 is 0 Å². The summed E-state index contributed by atoms with van der Waals surface area (Å²) in [6, 6.07) is 9.29. The zero-order valence-electron chi connectivity index (χ0n) is 12.1. The van der Waals surface area contributed by atoms with E-state index in [1.807, 2.05) is 26.0 Å². The molecule has 0 bridgehead atoms. The van der Waals surface area contributed by atoms with Crippen molar-refractivity contribution in [3.8, 4) is 11.3 Å². The normalized spacial score (nSPS) is 12.1. The molecule has 6 heteroatoms. The first-order valence-corrected chi connectivity index (χ1v) is 7.31. The molecule has 0 unspecified atom stereocenters. The van der Waals surface area contributed by atoms with E-state index < -0.39 is 0 Å². The van der Waals surface area contributed by atoms with E-state index in [-0.39, 0.29) is 11.9 Å². The van der Waals surface area contributed by atoms with Gasteiger partial charge in [0, 0.05) is 23.2 Å². The quantitative estimate of drug-likeness (QED) is 0.768. The van der Waals surface area contributed by atoms with E-state index >= 15 is 0 Å². The van der Waals surface area contributed by atoms with Gasteiger partial charge in [0.1, 0.15) is 5.69 Å². The van der Waals surface area contributed by atoms with E-state index in [2.05, 4.69) is 20.8 Å². The molecule has 1 heterocycles. The Morgan fingerprint density at radius 2 is 2.10 bits per heavy atom. The Hall–Kier alpha value is -1.85.